The van der Waals surface area contributed by atoms with Crippen LogP contribution in [0.5, 0.6) is 0 Å². The Kier molecular flexibility index (Phi) is 3.39. The van der Waals surface area contributed by atoms with Crippen LogP contribution >= 0.6 is 0 Å². The molecule has 1 aromatic carbocycles. The number of fused-ring (bicyclic) bond motifs is 1. The lowest BCUT2D eigenvalue weighted by Gasteiger charge is -2.29. The van der Waals surface area contributed by atoms with Gasteiger partial charge in [-0.3, -0.25) is 10.2 Å². The number of amides is 1. The van der Waals surface area contributed by atoms with Crippen molar-refractivity contribution < 1.29 is 27.8 Å². The van der Waals surface area contributed by atoms with Gasteiger partial charge in [0.25, 0.3) is 5.91 Å². The van der Waals surface area contributed by atoms with E-state index in [0.717, 1.165) is 30.7 Å². The van der Waals surface area contributed by atoms with Crippen LogP contribution in [-0.2, 0) is 10.9 Å². The van der Waals surface area contributed by atoms with Crippen LogP contribution in [0.15, 0.2) is 24.3 Å². The summed E-state index contributed by atoms with van der Waals surface area (Å²) in [5, 5.41) is 11.1. The van der Waals surface area contributed by atoms with E-state index in [1.807, 2.05) is 0 Å². The lowest BCUT2D eigenvalue weighted by molar-refractivity contribution is -0.137. The van der Waals surface area contributed by atoms with E-state index < -0.39 is 23.9 Å². The van der Waals surface area contributed by atoms with Crippen molar-refractivity contribution in [2.75, 3.05) is 0 Å². The quantitative estimate of drug-likeness (QED) is 0.812. The molecule has 3 rings (SSSR count). The second kappa shape index (κ2) is 4.97. The molecule has 0 aliphatic carbocycles. The molecule has 1 amide bonds. The van der Waals surface area contributed by atoms with E-state index in [-0.39, 0.29) is 17.9 Å². The first kappa shape index (κ1) is 14.3. The van der Waals surface area contributed by atoms with E-state index in [1.165, 1.54) is 5.01 Å². The molecule has 21 heavy (non-hydrogen) atoms. The number of benzene rings is 1. The van der Waals surface area contributed by atoms with E-state index in [4.69, 9.17) is 4.74 Å². The van der Waals surface area contributed by atoms with Gasteiger partial charge in [0.15, 0.2) is 6.23 Å². The minimum Gasteiger partial charge on any atom is -0.377 e. The van der Waals surface area contributed by atoms with E-state index in [9.17, 15) is 23.1 Å². The van der Waals surface area contributed by atoms with Crippen LogP contribution in [0.25, 0.3) is 0 Å². The number of epoxide rings is 1. The van der Waals surface area contributed by atoms with Crippen molar-refractivity contribution in [3.8, 4) is 0 Å². The molecule has 3 atom stereocenters. The number of aliphatic hydroxyl groups excluding tert-OH is 1. The summed E-state index contributed by atoms with van der Waals surface area (Å²) in [7, 11) is 0. The smallest absolute Gasteiger partial charge is 0.377 e. The van der Waals surface area contributed by atoms with Gasteiger partial charge in [-0.05, 0) is 37.1 Å². The summed E-state index contributed by atoms with van der Waals surface area (Å²) in [5.74, 6) is -0.584. The molecule has 0 saturated carbocycles. The second-order valence-electron chi connectivity index (χ2n) is 5.05. The monoisotopic (exact) mass is 302 g/mol. The number of carbonyl (C=O) groups is 1. The number of hydrazine groups is 1. The van der Waals surface area contributed by atoms with Crippen molar-refractivity contribution >= 4 is 5.91 Å². The number of hydrogen-bond donors (Lipinski definition) is 2. The maximum absolute atomic E-state index is 12.4. The standard InChI is InChI=1S/C13H13F3N2O3/c14-13(15,16)8-3-1-7(2-4-8)11(20)17-18-10(19)6-5-9-12(18)21-9/h1-4,9-10,12,19H,5-6H2,(H,17,20). The SMILES string of the molecule is O=C(NN1C(O)CCC2OC21)c1ccc(C(F)(F)F)cc1. The van der Waals surface area contributed by atoms with Gasteiger partial charge in [0.1, 0.15) is 12.3 Å². The molecular weight excluding hydrogens is 289 g/mol. The van der Waals surface area contributed by atoms with Gasteiger partial charge in [-0.25, -0.2) is 0 Å². The fourth-order valence-corrected chi connectivity index (χ4v) is 2.34. The van der Waals surface area contributed by atoms with Crippen LogP contribution in [0.1, 0.15) is 28.8 Å². The molecule has 0 aromatic heterocycles. The molecule has 5 nitrogen and oxygen atoms in total. The first-order valence-corrected chi connectivity index (χ1v) is 6.46. The lowest BCUT2D eigenvalue weighted by Crippen LogP contribution is -2.52. The number of piperidine rings is 1. The summed E-state index contributed by atoms with van der Waals surface area (Å²) < 4.78 is 42.6. The molecular formula is C13H13F3N2O3. The van der Waals surface area contributed by atoms with Crippen LogP contribution in [0.2, 0.25) is 0 Å². The number of alkyl halides is 3. The van der Waals surface area contributed by atoms with Crippen LogP contribution in [0, 0.1) is 0 Å². The molecule has 0 radical (unpaired) electrons. The molecule has 0 bridgehead atoms. The summed E-state index contributed by atoms with van der Waals surface area (Å²) in [6.07, 6.45) is -4.46. The molecule has 2 aliphatic rings. The highest BCUT2D eigenvalue weighted by Crippen LogP contribution is 2.35. The highest BCUT2D eigenvalue weighted by Gasteiger charge is 2.50. The number of nitrogens with zero attached hydrogens (tertiary/aromatic N) is 1. The Labute approximate surface area is 118 Å². The Bertz CT molecular complexity index is 545. The fourth-order valence-electron chi connectivity index (χ4n) is 2.34. The fraction of sp³-hybridized carbons (Fsp3) is 0.462. The van der Waals surface area contributed by atoms with Crippen molar-refractivity contribution in [3.63, 3.8) is 0 Å². The van der Waals surface area contributed by atoms with Gasteiger partial charge in [-0.1, -0.05) is 0 Å². The highest BCUT2D eigenvalue weighted by atomic mass is 19.4. The predicted octanol–water partition coefficient (Wildman–Crippen LogP) is 1.49. The van der Waals surface area contributed by atoms with Gasteiger partial charge >= 0.3 is 6.18 Å². The third-order valence-electron chi connectivity index (χ3n) is 3.57. The summed E-state index contributed by atoms with van der Waals surface area (Å²) in [6, 6.07) is 3.88. The number of carbonyl (C=O) groups excluding carboxylic acids is 1. The van der Waals surface area contributed by atoms with E-state index in [1.54, 1.807) is 0 Å². The Hall–Kier alpha value is -1.64. The largest absolute Gasteiger partial charge is 0.416 e. The van der Waals surface area contributed by atoms with Gasteiger partial charge < -0.3 is 9.84 Å². The van der Waals surface area contributed by atoms with Crippen LogP contribution in [0.3, 0.4) is 0 Å². The molecule has 2 saturated heterocycles. The zero-order valence-electron chi connectivity index (χ0n) is 10.8. The van der Waals surface area contributed by atoms with Crippen molar-refractivity contribution in [2.24, 2.45) is 0 Å². The van der Waals surface area contributed by atoms with Gasteiger partial charge in [0.2, 0.25) is 0 Å². The minimum absolute atomic E-state index is 0.00121. The van der Waals surface area contributed by atoms with E-state index >= 15 is 0 Å². The molecule has 8 heteroatoms. The first-order chi connectivity index (χ1) is 9.86. The molecule has 2 N–H and O–H groups in total. The normalized spacial score (nSPS) is 28.9. The summed E-state index contributed by atoms with van der Waals surface area (Å²) in [4.78, 5) is 12.0. The Morgan fingerprint density at radius 3 is 2.57 bits per heavy atom. The average Bonchev–Trinajstić information content (AvgIpc) is 3.21. The summed E-state index contributed by atoms with van der Waals surface area (Å²) in [6.45, 7) is 0. The Balaban J connectivity index is 1.68. The maximum atomic E-state index is 12.4. The third kappa shape index (κ3) is 2.87. The number of nitrogens with one attached hydrogen (secondary N) is 1. The number of hydrogen-bond acceptors (Lipinski definition) is 4. The maximum Gasteiger partial charge on any atom is 0.416 e. The van der Waals surface area contributed by atoms with Crippen molar-refractivity contribution in [1.29, 1.82) is 0 Å². The number of rotatable bonds is 2. The van der Waals surface area contributed by atoms with Gasteiger partial charge in [0, 0.05) is 5.56 Å². The lowest BCUT2D eigenvalue weighted by atomic mass is 10.1. The van der Waals surface area contributed by atoms with E-state index in [2.05, 4.69) is 5.43 Å². The van der Waals surface area contributed by atoms with E-state index in [0.29, 0.717) is 6.42 Å². The van der Waals surface area contributed by atoms with Crippen LogP contribution in [-0.4, -0.2) is 34.6 Å². The molecule has 2 fully saturated rings. The predicted molar refractivity (Wildman–Crippen MR) is 64.7 cm³/mol. The molecule has 114 valence electrons. The zero-order chi connectivity index (χ0) is 15.2. The Morgan fingerprint density at radius 2 is 1.95 bits per heavy atom. The van der Waals surface area contributed by atoms with Crippen molar-refractivity contribution in [1.82, 2.24) is 10.4 Å². The molecule has 2 aliphatic heterocycles. The average molecular weight is 302 g/mol. The van der Waals surface area contributed by atoms with Crippen LogP contribution < -0.4 is 5.43 Å². The van der Waals surface area contributed by atoms with Crippen molar-refractivity contribution in [3.05, 3.63) is 35.4 Å². The first-order valence-electron chi connectivity index (χ1n) is 6.46. The molecule has 3 unspecified atom stereocenters. The van der Waals surface area contributed by atoms with Gasteiger partial charge in [-0.15, -0.1) is 0 Å². The third-order valence-corrected chi connectivity index (χ3v) is 3.57. The highest BCUT2D eigenvalue weighted by molar-refractivity contribution is 5.93. The van der Waals surface area contributed by atoms with Crippen LogP contribution in [0.4, 0.5) is 13.2 Å². The van der Waals surface area contributed by atoms with Gasteiger partial charge in [0.05, 0.1) is 5.56 Å². The topological polar surface area (TPSA) is 65.1 Å². The Morgan fingerprint density at radius 1 is 1.29 bits per heavy atom. The number of aliphatic hydroxyl groups is 1. The molecule has 0 spiro atoms. The minimum atomic E-state index is -4.44. The summed E-state index contributed by atoms with van der Waals surface area (Å²) >= 11 is 0. The number of halogens is 3. The second-order valence-corrected chi connectivity index (χ2v) is 5.05. The van der Waals surface area contributed by atoms with Crippen molar-refractivity contribution in [2.45, 2.75) is 37.6 Å². The number of ether oxygens (including phenoxy) is 1. The zero-order valence-corrected chi connectivity index (χ0v) is 10.8. The molecule has 1 aromatic rings. The van der Waals surface area contributed by atoms with Gasteiger partial charge in [-0.2, -0.15) is 18.2 Å². The summed E-state index contributed by atoms with van der Waals surface area (Å²) in [5.41, 5.74) is 1.74. The molecule has 2 heterocycles.